The Bertz CT molecular complexity index is 337. The Labute approximate surface area is 103 Å². The van der Waals surface area contributed by atoms with Gasteiger partial charge in [-0.25, -0.2) is 4.68 Å². The zero-order valence-corrected chi connectivity index (χ0v) is 11.0. The number of aliphatic hydroxyl groups excluding tert-OH is 1. The van der Waals surface area contributed by atoms with Crippen LogP contribution in [0.2, 0.25) is 0 Å². The Kier molecular flexibility index (Phi) is 6.00. The van der Waals surface area contributed by atoms with Gasteiger partial charge in [0, 0.05) is 20.2 Å². The van der Waals surface area contributed by atoms with Crippen molar-refractivity contribution in [3.8, 4) is 5.88 Å². The van der Waals surface area contributed by atoms with Crippen LogP contribution in [0, 0.1) is 6.92 Å². The van der Waals surface area contributed by atoms with Crippen molar-refractivity contribution >= 4 is 0 Å². The highest BCUT2D eigenvalue weighted by Crippen LogP contribution is 2.20. The molecule has 0 aliphatic heterocycles. The van der Waals surface area contributed by atoms with Crippen molar-refractivity contribution in [2.24, 2.45) is 7.05 Å². The molecule has 0 saturated carbocycles. The predicted molar refractivity (Wildman–Crippen MR) is 67.1 cm³/mol. The lowest BCUT2D eigenvalue weighted by atomic mass is 10.2. The zero-order chi connectivity index (χ0) is 12.7. The Morgan fingerprint density at radius 2 is 2.12 bits per heavy atom. The van der Waals surface area contributed by atoms with Gasteiger partial charge in [0.25, 0.3) is 0 Å². The monoisotopic (exact) mass is 241 g/mol. The van der Waals surface area contributed by atoms with Gasteiger partial charge in [-0.3, -0.25) is 0 Å². The molecule has 17 heavy (non-hydrogen) atoms. The first-order valence-corrected chi connectivity index (χ1v) is 6.08. The molecule has 1 aromatic rings. The van der Waals surface area contributed by atoms with Gasteiger partial charge in [-0.2, -0.15) is 5.10 Å². The lowest BCUT2D eigenvalue weighted by molar-refractivity contribution is 0.283. The maximum atomic E-state index is 8.66. The molecule has 5 nitrogen and oxygen atoms in total. The molecule has 1 heterocycles. The first-order chi connectivity index (χ1) is 8.20. The summed E-state index contributed by atoms with van der Waals surface area (Å²) in [6.45, 7) is 4.01. The molecule has 0 amide bonds. The third-order valence-corrected chi connectivity index (χ3v) is 2.80. The second-order valence-electron chi connectivity index (χ2n) is 4.16. The second-order valence-corrected chi connectivity index (χ2v) is 4.16. The van der Waals surface area contributed by atoms with E-state index in [9.17, 15) is 0 Å². The fraction of sp³-hybridized carbons (Fsp3) is 0.750. The summed E-state index contributed by atoms with van der Waals surface area (Å²) in [5, 5.41) is 16.4. The van der Waals surface area contributed by atoms with E-state index >= 15 is 0 Å². The molecule has 0 aromatic carbocycles. The molecule has 0 saturated heterocycles. The van der Waals surface area contributed by atoms with E-state index in [1.165, 1.54) is 0 Å². The summed E-state index contributed by atoms with van der Waals surface area (Å²) in [5.41, 5.74) is 2.13. The molecule has 0 atom stereocenters. The van der Waals surface area contributed by atoms with Gasteiger partial charge < -0.3 is 15.2 Å². The molecule has 1 aromatic heterocycles. The third kappa shape index (κ3) is 4.02. The maximum absolute atomic E-state index is 8.66. The van der Waals surface area contributed by atoms with Gasteiger partial charge in [0.1, 0.15) is 0 Å². The maximum Gasteiger partial charge on any atom is 0.216 e. The number of aryl methyl sites for hydroxylation is 2. The lowest BCUT2D eigenvalue weighted by Gasteiger charge is -2.06. The van der Waals surface area contributed by atoms with Crippen LogP contribution in [0.15, 0.2) is 0 Å². The summed E-state index contributed by atoms with van der Waals surface area (Å²) in [6.07, 6.45) is 3.03. The molecule has 98 valence electrons. The van der Waals surface area contributed by atoms with Crippen LogP contribution in [-0.2, 0) is 13.6 Å². The van der Waals surface area contributed by atoms with E-state index in [2.05, 4.69) is 10.4 Å². The lowest BCUT2D eigenvalue weighted by Crippen LogP contribution is -2.15. The van der Waals surface area contributed by atoms with Crippen molar-refractivity contribution in [3.05, 3.63) is 11.3 Å². The minimum atomic E-state index is 0.287. The minimum absolute atomic E-state index is 0.287. The fourth-order valence-corrected chi connectivity index (χ4v) is 1.89. The number of ether oxygens (including phenoxy) is 1. The van der Waals surface area contributed by atoms with E-state index < -0.39 is 0 Å². The number of nitrogens with one attached hydrogen (secondary N) is 1. The quantitative estimate of drug-likeness (QED) is 0.666. The van der Waals surface area contributed by atoms with Crippen molar-refractivity contribution in [2.45, 2.75) is 32.7 Å². The molecule has 0 radical (unpaired) electrons. The fourth-order valence-electron chi connectivity index (χ4n) is 1.89. The number of methoxy groups -OCH3 is 1. The first kappa shape index (κ1) is 14.0. The molecular weight excluding hydrogens is 218 g/mol. The van der Waals surface area contributed by atoms with Gasteiger partial charge in [-0.05, 0) is 32.7 Å². The van der Waals surface area contributed by atoms with E-state index in [1.807, 2.05) is 14.0 Å². The summed E-state index contributed by atoms with van der Waals surface area (Å²) in [5.74, 6) is 0.824. The smallest absolute Gasteiger partial charge is 0.216 e. The number of aromatic nitrogens is 2. The van der Waals surface area contributed by atoms with Crippen LogP contribution in [0.4, 0.5) is 0 Å². The summed E-state index contributed by atoms with van der Waals surface area (Å²) in [7, 11) is 3.55. The van der Waals surface area contributed by atoms with E-state index in [4.69, 9.17) is 9.84 Å². The Morgan fingerprint density at radius 1 is 1.35 bits per heavy atom. The van der Waals surface area contributed by atoms with Crippen molar-refractivity contribution in [3.63, 3.8) is 0 Å². The standard InChI is InChI=1S/C12H23N3O2/c1-10-11(12(17-3)15(2)14-10)9-13-7-5-4-6-8-16/h13,16H,4-9H2,1-3H3. The molecule has 0 bridgehead atoms. The SMILES string of the molecule is COc1c(CNCCCCCO)c(C)nn1C. The second kappa shape index (κ2) is 7.29. The minimum Gasteiger partial charge on any atom is -0.481 e. The normalized spacial score (nSPS) is 10.8. The Morgan fingerprint density at radius 3 is 2.76 bits per heavy atom. The molecule has 5 heteroatoms. The Hall–Kier alpha value is -1.07. The predicted octanol–water partition coefficient (Wildman–Crippen LogP) is 0.989. The van der Waals surface area contributed by atoms with Gasteiger partial charge >= 0.3 is 0 Å². The van der Waals surface area contributed by atoms with E-state index in [0.29, 0.717) is 0 Å². The van der Waals surface area contributed by atoms with Gasteiger partial charge in [0.15, 0.2) is 0 Å². The highest BCUT2D eigenvalue weighted by Gasteiger charge is 2.12. The third-order valence-electron chi connectivity index (χ3n) is 2.80. The van der Waals surface area contributed by atoms with Gasteiger partial charge in [0.05, 0.1) is 18.4 Å². The summed E-state index contributed by atoms with van der Waals surface area (Å²) >= 11 is 0. The summed E-state index contributed by atoms with van der Waals surface area (Å²) in [6, 6.07) is 0. The first-order valence-electron chi connectivity index (χ1n) is 6.08. The van der Waals surface area contributed by atoms with Crippen molar-refractivity contribution in [1.29, 1.82) is 0 Å². The number of aliphatic hydroxyl groups is 1. The highest BCUT2D eigenvalue weighted by atomic mass is 16.5. The van der Waals surface area contributed by atoms with Crippen molar-refractivity contribution < 1.29 is 9.84 Å². The van der Waals surface area contributed by atoms with Crippen LogP contribution in [0.3, 0.4) is 0 Å². The summed E-state index contributed by atoms with van der Waals surface area (Å²) < 4.78 is 7.08. The average Bonchev–Trinajstić information content (AvgIpc) is 2.58. The zero-order valence-electron chi connectivity index (χ0n) is 11.0. The number of rotatable bonds is 8. The molecule has 2 N–H and O–H groups in total. The molecular formula is C12H23N3O2. The molecule has 0 spiro atoms. The molecule has 1 rings (SSSR count). The number of nitrogens with zero attached hydrogens (tertiary/aromatic N) is 2. The molecule has 0 unspecified atom stereocenters. The van der Waals surface area contributed by atoms with Crippen LogP contribution in [0.25, 0.3) is 0 Å². The number of unbranched alkanes of at least 4 members (excludes halogenated alkanes) is 2. The van der Waals surface area contributed by atoms with Crippen molar-refractivity contribution in [2.75, 3.05) is 20.3 Å². The van der Waals surface area contributed by atoms with Gasteiger partial charge in [-0.1, -0.05) is 0 Å². The van der Waals surface area contributed by atoms with Gasteiger partial charge in [0.2, 0.25) is 5.88 Å². The van der Waals surface area contributed by atoms with Crippen LogP contribution in [0.5, 0.6) is 5.88 Å². The van der Waals surface area contributed by atoms with Crippen LogP contribution in [0.1, 0.15) is 30.5 Å². The Balaban J connectivity index is 2.36. The van der Waals surface area contributed by atoms with E-state index in [0.717, 1.165) is 49.5 Å². The molecule has 0 fully saturated rings. The largest absolute Gasteiger partial charge is 0.481 e. The van der Waals surface area contributed by atoms with Crippen molar-refractivity contribution in [1.82, 2.24) is 15.1 Å². The number of hydrogen-bond donors (Lipinski definition) is 2. The van der Waals surface area contributed by atoms with E-state index in [-0.39, 0.29) is 6.61 Å². The van der Waals surface area contributed by atoms with Crippen LogP contribution >= 0.6 is 0 Å². The van der Waals surface area contributed by atoms with Crippen LogP contribution in [-0.4, -0.2) is 35.1 Å². The summed E-state index contributed by atoms with van der Waals surface area (Å²) in [4.78, 5) is 0. The number of hydrogen-bond acceptors (Lipinski definition) is 4. The highest BCUT2D eigenvalue weighted by molar-refractivity contribution is 5.30. The topological polar surface area (TPSA) is 59.3 Å². The van der Waals surface area contributed by atoms with Gasteiger partial charge in [-0.15, -0.1) is 0 Å². The van der Waals surface area contributed by atoms with E-state index in [1.54, 1.807) is 11.8 Å². The molecule has 0 aliphatic rings. The average molecular weight is 241 g/mol. The van der Waals surface area contributed by atoms with Crippen LogP contribution < -0.4 is 10.1 Å². The molecule has 0 aliphatic carbocycles.